The molecule has 5 nitrogen and oxygen atoms in total. The first kappa shape index (κ1) is 9.62. The topological polar surface area (TPSA) is 90.7 Å². The molecule has 0 aromatic carbocycles. The lowest BCUT2D eigenvalue weighted by atomic mass is 9.81. The van der Waals surface area contributed by atoms with Crippen molar-refractivity contribution in [2.24, 2.45) is 0 Å². The molecule has 0 fully saturated rings. The van der Waals surface area contributed by atoms with Crippen molar-refractivity contribution in [3.8, 4) is 0 Å². The van der Waals surface area contributed by atoms with Crippen molar-refractivity contribution in [1.29, 1.82) is 0 Å². The van der Waals surface area contributed by atoms with Gasteiger partial charge in [-0.25, -0.2) is 9.78 Å². The molecule has 0 aliphatic rings. The summed E-state index contributed by atoms with van der Waals surface area (Å²) >= 11 is 0. The summed E-state index contributed by atoms with van der Waals surface area (Å²) < 4.78 is 12.6. The standard InChI is InChI=1S/C6H5BFNO4/c8-5-4(6(10)11)1-3(2-9-5)7(12)13/h1-2,12-13H,(H,10,11). The van der Waals surface area contributed by atoms with E-state index in [1.807, 2.05) is 0 Å². The van der Waals surface area contributed by atoms with E-state index in [9.17, 15) is 9.18 Å². The van der Waals surface area contributed by atoms with Crippen LogP contribution in [0.25, 0.3) is 0 Å². The Hall–Kier alpha value is -1.47. The molecule has 1 heterocycles. The molecule has 0 atom stereocenters. The number of nitrogens with zero attached hydrogens (tertiary/aromatic N) is 1. The highest BCUT2D eigenvalue weighted by Gasteiger charge is 2.17. The third-order valence-corrected chi connectivity index (χ3v) is 1.39. The SMILES string of the molecule is O=C(O)c1cc(B(O)O)cnc1F. The van der Waals surface area contributed by atoms with Crippen LogP contribution in [0.15, 0.2) is 12.3 Å². The van der Waals surface area contributed by atoms with E-state index in [1.165, 1.54) is 0 Å². The van der Waals surface area contributed by atoms with E-state index in [4.69, 9.17) is 15.2 Å². The van der Waals surface area contributed by atoms with Crippen LogP contribution in [-0.4, -0.2) is 33.2 Å². The number of carboxylic acids is 1. The largest absolute Gasteiger partial charge is 0.490 e. The third-order valence-electron chi connectivity index (χ3n) is 1.39. The summed E-state index contributed by atoms with van der Waals surface area (Å²) in [7, 11) is -1.86. The molecule has 1 aromatic heterocycles. The maximum atomic E-state index is 12.6. The van der Waals surface area contributed by atoms with Crippen LogP contribution in [0.2, 0.25) is 0 Å². The zero-order valence-corrected chi connectivity index (χ0v) is 6.31. The number of hydrogen-bond acceptors (Lipinski definition) is 4. The minimum absolute atomic E-state index is 0.168. The summed E-state index contributed by atoms with van der Waals surface area (Å²) in [4.78, 5) is 13.4. The summed E-state index contributed by atoms with van der Waals surface area (Å²) in [5.41, 5.74) is -0.857. The number of hydrogen-bond donors (Lipinski definition) is 3. The van der Waals surface area contributed by atoms with Gasteiger partial charge in [-0.3, -0.25) is 0 Å². The molecule has 0 aliphatic carbocycles. The average molecular weight is 185 g/mol. The number of aromatic nitrogens is 1. The minimum Gasteiger partial charge on any atom is -0.478 e. The molecule has 0 unspecified atom stereocenters. The summed E-state index contributed by atoms with van der Waals surface area (Å²) in [6, 6.07) is 0.815. The molecule has 68 valence electrons. The lowest BCUT2D eigenvalue weighted by Crippen LogP contribution is -2.31. The quantitative estimate of drug-likeness (QED) is 0.389. The van der Waals surface area contributed by atoms with E-state index in [0.29, 0.717) is 0 Å². The minimum atomic E-state index is -1.86. The normalized spacial score (nSPS) is 9.77. The first-order valence-electron chi connectivity index (χ1n) is 3.27. The van der Waals surface area contributed by atoms with Crippen molar-refractivity contribution in [2.75, 3.05) is 0 Å². The Balaban J connectivity index is 3.19. The number of aromatic carboxylic acids is 1. The second-order valence-corrected chi connectivity index (χ2v) is 2.29. The maximum absolute atomic E-state index is 12.6. The number of halogens is 1. The van der Waals surface area contributed by atoms with Crippen molar-refractivity contribution < 1.29 is 24.3 Å². The predicted octanol–water partition coefficient (Wildman–Crippen LogP) is -1.40. The molecule has 1 aromatic rings. The lowest BCUT2D eigenvalue weighted by molar-refractivity contribution is 0.0691. The monoisotopic (exact) mass is 185 g/mol. The fraction of sp³-hybridized carbons (Fsp3) is 0. The van der Waals surface area contributed by atoms with Crippen LogP contribution < -0.4 is 5.46 Å². The molecular weight excluding hydrogens is 180 g/mol. The van der Waals surface area contributed by atoms with Crippen LogP contribution in [0.5, 0.6) is 0 Å². The van der Waals surface area contributed by atoms with Gasteiger partial charge in [0.2, 0.25) is 5.95 Å². The zero-order chi connectivity index (χ0) is 10.0. The van der Waals surface area contributed by atoms with Crippen molar-refractivity contribution in [3.63, 3.8) is 0 Å². The van der Waals surface area contributed by atoms with Crippen LogP contribution in [-0.2, 0) is 0 Å². The molecule has 0 aliphatic heterocycles. The van der Waals surface area contributed by atoms with Gasteiger partial charge in [-0.2, -0.15) is 4.39 Å². The van der Waals surface area contributed by atoms with Crippen LogP contribution in [0, 0.1) is 5.95 Å². The molecule has 0 spiro atoms. The molecule has 0 amide bonds. The Morgan fingerprint density at radius 2 is 2.15 bits per heavy atom. The summed E-state index contributed by atoms with van der Waals surface area (Å²) in [6.45, 7) is 0. The number of pyridine rings is 1. The maximum Gasteiger partial charge on any atom is 0.490 e. The Morgan fingerprint density at radius 3 is 2.62 bits per heavy atom. The van der Waals surface area contributed by atoms with Crippen molar-refractivity contribution in [2.45, 2.75) is 0 Å². The Labute approximate surface area is 72.6 Å². The number of carbonyl (C=O) groups is 1. The van der Waals surface area contributed by atoms with E-state index >= 15 is 0 Å². The smallest absolute Gasteiger partial charge is 0.478 e. The van der Waals surface area contributed by atoms with Gasteiger partial charge < -0.3 is 15.2 Å². The summed E-state index contributed by atoms with van der Waals surface area (Å²) in [5, 5.41) is 25.7. The highest BCUT2D eigenvalue weighted by atomic mass is 19.1. The Morgan fingerprint density at radius 1 is 1.54 bits per heavy atom. The van der Waals surface area contributed by atoms with Gasteiger partial charge in [0, 0.05) is 11.7 Å². The molecular formula is C6H5BFNO4. The predicted molar refractivity (Wildman–Crippen MR) is 41.0 cm³/mol. The van der Waals surface area contributed by atoms with Gasteiger partial charge in [-0.15, -0.1) is 0 Å². The highest BCUT2D eigenvalue weighted by Crippen LogP contribution is 2.01. The van der Waals surface area contributed by atoms with Crippen LogP contribution in [0.3, 0.4) is 0 Å². The molecule has 0 saturated carbocycles. The second kappa shape index (κ2) is 3.50. The van der Waals surface area contributed by atoms with Crippen molar-refractivity contribution in [3.05, 3.63) is 23.8 Å². The van der Waals surface area contributed by atoms with Crippen LogP contribution in [0.4, 0.5) is 4.39 Å². The molecule has 0 bridgehead atoms. The Kier molecular flexibility index (Phi) is 2.59. The Bertz CT molecular complexity index is 343. The third kappa shape index (κ3) is 2.01. The van der Waals surface area contributed by atoms with E-state index in [0.717, 1.165) is 12.3 Å². The number of carboxylic acid groups (broad SMARTS) is 1. The fourth-order valence-corrected chi connectivity index (χ4v) is 0.755. The van der Waals surface area contributed by atoms with E-state index in [1.54, 1.807) is 0 Å². The lowest BCUT2D eigenvalue weighted by Gasteiger charge is -2.00. The molecule has 0 saturated heterocycles. The first-order chi connectivity index (χ1) is 6.02. The molecule has 13 heavy (non-hydrogen) atoms. The summed E-state index contributed by atoms with van der Waals surface area (Å²) in [6.07, 6.45) is 0.854. The molecule has 1 rings (SSSR count). The molecule has 0 radical (unpaired) electrons. The van der Waals surface area contributed by atoms with E-state index < -0.39 is 24.6 Å². The van der Waals surface area contributed by atoms with E-state index in [-0.39, 0.29) is 5.46 Å². The molecule has 7 heteroatoms. The van der Waals surface area contributed by atoms with Gasteiger partial charge in [-0.1, -0.05) is 0 Å². The van der Waals surface area contributed by atoms with Gasteiger partial charge in [0.25, 0.3) is 0 Å². The van der Waals surface area contributed by atoms with Gasteiger partial charge in [-0.05, 0) is 6.07 Å². The van der Waals surface area contributed by atoms with Crippen LogP contribution in [0.1, 0.15) is 10.4 Å². The second-order valence-electron chi connectivity index (χ2n) is 2.29. The number of rotatable bonds is 2. The van der Waals surface area contributed by atoms with Crippen LogP contribution >= 0.6 is 0 Å². The van der Waals surface area contributed by atoms with Crippen molar-refractivity contribution >= 4 is 18.6 Å². The van der Waals surface area contributed by atoms with Crippen molar-refractivity contribution in [1.82, 2.24) is 4.98 Å². The fourth-order valence-electron chi connectivity index (χ4n) is 0.755. The van der Waals surface area contributed by atoms with Gasteiger partial charge >= 0.3 is 13.1 Å². The average Bonchev–Trinajstić information content (AvgIpc) is 2.04. The summed E-state index contributed by atoms with van der Waals surface area (Å²) in [5.74, 6) is -2.66. The zero-order valence-electron chi connectivity index (χ0n) is 6.31. The van der Waals surface area contributed by atoms with E-state index in [2.05, 4.69) is 4.98 Å². The highest BCUT2D eigenvalue weighted by molar-refractivity contribution is 6.58. The first-order valence-corrected chi connectivity index (χ1v) is 3.27. The van der Waals surface area contributed by atoms with Gasteiger partial charge in [0.1, 0.15) is 5.56 Å². The van der Waals surface area contributed by atoms with Gasteiger partial charge in [0.15, 0.2) is 0 Å². The van der Waals surface area contributed by atoms with Gasteiger partial charge in [0.05, 0.1) is 0 Å². The molecule has 3 N–H and O–H groups in total.